The summed E-state index contributed by atoms with van der Waals surface area (Å²) in [5, 5.41) is 0. The Bertz CT molecular complexity index is 527. The van der Waals surface area contributed by atoms with Gasteiger partial charge < -0.3 is 0 Å². The lowest BCUT2D eigenvalue weighted by Crippen LogP contribution is -2.30. The van der Waals surface area contributed by atoms with Crippen molar-refractivity contribution in [3.8, 4) is 0 Å². The van der Waals surface area contributed by atoms with E-state index in [1.54, 1.807) is 12.1 Å². The van der Waals surface area contributed by atoms with Crippen LogP contribution in [0.3, 0.4) is 0 Å². The van der Waals surface area contributed by atoms with Gasteiger partial charge in [0.1, 0.15) is 0 Å². The van der Waals surface area contributed by atoms with Crippen LogP contribution in [-0.4, -0.2) is 20.8 Å². The maximum absolute atomic E-state index is 12.2. The minimum Gasteiger partial charge on any atom is -0.211 e. The van der Waals surface area contributed by atoms with Crippen molar-refractivity contribution in [1.29, 1.82) is 0 Å². The summed E-state index contributed by atoms with van der Waals surface area (Å²) in [6.07, 6.45) is 4.30. The highest BCUT2D eigenvalue weighted by molar-refractivity contribution is 7.89. The predicted octanol–water partition coefficient (Wildman–Crippen LogP) is 3.18. The predicted molar refractivity (Wildman–Crippen MR) is 82.6 cm³/mol. The molecule has 2 rings (SSSR count). The Balaban J connectivity index is 1.98. The molecular formula is C15H22ClNO2S. The van der Waals surface area contributed by atoms with Gasteiger partial charge in [-0.05, 0) is 42.4 Å². The first kappa shape index (κ1) is 15.8. The van der Waals surface area contributed by atoms with Gasteiger partial charge in [0.15, 0.2) is 0 Å². The molecule has 1 aromatic carbocycles. The minimum atomic E-state index is -3.39. The molecular weight excluding hydrogens is 294 g/mol. The van der Waals surface area contributed by atoms with Gasteiger partial charge in [-0.1, -0.05) is 31.9 Å². The fourth-order valence-electron chi connectivity index (χ4n) is 2.77. The molecule has 112 valence electrons. The average molecular weight is 316 g/mol. The molecule has 0 heterocycles. The molecule has 1 aliphatic rings. The van der Waals surface area contributed by atoms with Crippen LogP contribution in [0.5, 0.6) is 0 Å². The topological polar surface area (TPSA) is 46.2 Å². The standard InChI is InChI=1S/C15H22ClNO2S/c1-12-3-2-4-14(12)11-17-20(18,19)15-7-5-13(6-8-15)9-10-16/h5-8,12,14,17H,2-4,9-11H2,1H3. The highest BCUT2D eigenvalue weighted by Gasteiger charge is 2.25. The third kappa shape index (κ3) is 3.96. The fourth-order valence-corrected chi connectivity index (χ4v) is 4.08. The Morgan fingerprint density at radius 1 is 1.25 bits per heavy atom. The van der Waals surface area contributed by atoms with Crippen molar-refractivity contribution in [1.82, 2.24) is 4.72 Å². The van der Waals surface area contributed by atoms with Gasteiger partial charge in [0.25, 0.3) is 0 Å². The zero-order valence-corrected chi connectivity index (χ0v) is 13.4. The van der Waals surface area contributed by atoms with Crippen LogP contribution in [0.15, 0.2) is 29.2 Å². The van der Waals surface area contributed by atoms with Crippen LogP contribution in [0.25, 0.3) is 0 Å². The molecule has 1 saturated carbocycles. The minimum absolute atomic E-state index is 0.335. The van der Waals surface area contributed by atoms with Crippen LogP contribution < -0.4 is 4.72 Å². The molecule has 5 heteroatoms. The molecule has 0 saturated heterocycles. The van der Waals surface area contributed by atoms with Crippen molar-refractivity contribution in [2.45, 2.75) is 37.5 Å². The lowest BCUT2D eigenvalue weighted by molar-refractivity contribution is 0.414. The molecule has 20 heavy (non-hydrogen) atoms. The van der Waals surface area contributed by atoms with Crippen molar-refractivity contribution in [2.24, 2.45) is 11.8 Å². The summed E-state index contributed by atoms with van der Waals surface area (Å²) in [6, 6.07) is 6.97. The summed E-state index contributed by atoms with van der Waals surface area (Å²) in [4.78, 5) is 0.335. The normalized spacial score (nSPS) is 23.1. The molecule has 2 unspecified atom stereocenters. The summed E-state index contributed by atoms with van der Waals surface area (Å²) in [5.41, 5.74) is 1.06. The van der Waals surface area contributed by atoms with Crippen molar-refractivity contribution in [3.05, 3.63) is 29.8 Å². The summed E-state index contributed by atoms with van der Waals surface area (Å²) in [6.45, 7) is 2.75. The number of rotatable bonds is 6. The molecule has 0 radical (unpaired) electrons. The maximum atomic E-state index is 12.2. The van der Waals surface area contributed by atoms with E-state index < -0.39 is 10.0 Å². The molecule has 0 spiro atoms. The van der Waals surface area contributed by atoms with E-state index in [1.807, 2.05) is 12.1 Å². The molecule has 1 N–H and O–H groups in total. The van der Waals surface area contributed by atoms with Crippen LogP contribution in [0.4, 0.5) is 0 Å². The number of alkyl halides is 1. The lowest BCUT2D eigenvalue weighted by atomic mass is 9.99. The van der Waals surface area contributed by atoms with Crippen LogP contribution in [0, 0.1) is 11.8 Å². The van der Waals surface area contributed by atoms with Crippen LogP contribution in [0.1, 0.15) is 31.7 Å². The number of aryl methyl sites for hydroxylation is 1. The largest absolute Gasteiger partial charge is 0.240 e. The van der Waals surface area contributed by atoms with Gasteiger partial charge in [0.05, 0.1) is 4.90 Å². The van der Waals surface area contributed by atoms with Gasteiger partial charge in [-0.2, -0.15) is 0 Å². The Labute approximate surface area is 126 Å². The van der Waals surface area contributed by atoms with Gasteiger partial charge in [-0.3, -0.25) is 0 Å². The van der Waals surface area contributed by atoms with Crippen molar-refractivity contribution < 1.29 is 8.42 Å². The smallest absolute Gasteiger partial charge is 0.211 e. The number of hydrogen-bond donors (Lipinski definition) is 1. The molecule has 1 aliphatic carbocycles. The molecule has 1 aromatic rings. The van der Waals surface area contributed by atoms with E-state index in [9.17, 15) is 8.42 Å². The van der Waals surface area contributed by atoms with E-state index in [-0.39, 0.29) is 0 Å². The number of hydrogen-bond acceptors (Lipinski definition) is 2. The second-order valence-electron chi connectivity index (χ2n) is 5.60. The molecule has 2 atom stereocenters. The van der Waals surface area contributed by atoms with Gasteiger partial charge >= 0.3 is 0 Å². The van der Waals surface area contributed by atoms with Crippen LogP contribution in [0.2, 0.25) is 0 Å². The molecule has 0 bridgehead atoms. The van der Waals surface area contributed by atoms with Gasteiger partial charge in [0, 0.05) is 12.4 Å². The van der Waals surface area contributed by atoms with Gasteiger partial charge in [-0.15, -0.1) is 11.6 Å². The summed E-state index contributed by atoms with van der Waals surface area (Å²) < 4.78 is 27.2. The highest BCUT2D eigenvalue weighted by atomic mass is 35.5. The second-order valence-corrected chi connectivity index (χ2v) is 7.75. The Morgan fingerprint density at radius 3 is 2.50 bits per heavy atom. The summed E-state index contributed by atoms with van der Waals surface area (Å²) in [5.74, 6) is 1.63. The third-order valence-corrected chi connectivity index (χ3v) is 5.82. The Kier molecular flexibility index (Phi) is 5.47. The first-order valence-corrected chi connectivity index (χ1v) is 9.19. The van der Waals surface area contributed by atoms with E-state index in [1.165, 1.54) is 12.8 Å². The zero-order valence-electron chi connectivity index (χ0n) is 11.8. The Morgan fingerprint density at radius 2 is 1.95 bits per heavy atom. The first-order valence-electron chi connectivity index (χ1n) is 7.17. The number of benzene rings is 1. The van der Waals surface area contributed by atoms with E-state index >= 15 is 0 Å². The van der Waals surface area contributed by atoms with Crippen molar-refractivity contribution in [2.75, 3.05) is 12.4 Å². The molecule has 1 fully saturated rings. The van der Waals surface area contributed by atoms with Crippen molar-refractivity contribution >= 4 is 21.6 Å². The monoisotopic (exact) mass is 315 g/mol. The fraction of sp³-hybridized carbons (Fsp3) is 0.600. The average Bonchev–Trinajstić information content (AvgIpc) is 2.83. The number of halogens is 1. The summed E-state index contributed by atoms with van der Waals surface area (Å²) in [7, 11) is -3.39. The number of sulfonamides is 1. The molecule has 0 aliphatic heterocycles. The van der Waals surface area contributed by atoms with E-state index in [0.29, 0.717) is 29.2 Å². The lowest BCUT2D eigenvalue weighted by Gasteiger charge is -2.16. The molecule has 3 nitrogen and oxygen atoms in total. The quantitative estimate of drug-likeness (QED) is 0.820. The van der Waals surface area contributed by atoms with E-state index in [2.05, 4.69) is 11.6 Å². The van der Waals surface area contributed by atoms with Gasteiger partial charge in [0.2, 0.25) is 10.0 Å². The SMILES string of the molecule is CC1CCCC1CNS(=O)(=O)c1ccc(CCCl)cc1. The van der Waals surface area contributed by atoms with Crippen LogP contribution >= 0.6 is 11.6 Å². The van der Waals surface area contributed by atoms with Gasteiger partial charge in [-0.25, -0.2) is 13.1 Å². The number of nitrogens with one attached hydrogen (secondary N) is 1. The van der Waals surface area contributed by atoms with Crippen molar-refractivity contribution in [3.63, 3.8) is 0 Å². The third-order valence-electron chi connectivity index (χ3n) is 4.19. The van der Waals surface area contributed by atoms with Crippen LogP contribution in [-0.2, 0) is 16.4 Å². The van der Waals surface area contributed by atoms with E-state index in [4.69, 9.17) is 11.6 Å². The Hall–Kier alpha value is -0.580. The molecule has 0 aromatic heterocycles. The molecule has 0 amide bonds. The zero-order chi connectivity index (χ0) is 14.6. The maximum Gasteiger partial charge on any atom is 0.240 e. The summed E-state index contributed by atoms with van der Waals surface area (Å²) >= 11 is 5.67. The highest BCUT2D eigenvalue weighted by Crippen LogP contribution is 2.30. The second kappa shape index (κ2) is 6.92. The van der Waals surface area contributed by atoms with E-state index in [0.717, 1.165) is 18.4 Å². The first-order chi connectivity index (χ1) is 9.53.